The molecule has 4 aromatic rings. The van der Waals surface area contributed by atoms with Gasteiger partial charge in [0.15, 0.2) is 0 Å². The van der Waals surface area contributed by atoms with E-state index in [4.69, 9.17) is 32.7 Å². The maximum Gasteiger partial charge on any atom is 0.335 e. The molecule has 11 nitrogen and oxygen atoms in total. The molecule has 0 saturated heterocycles. The van der Waals surface area contributed by atoms with Crippen LogP contribution in [0.5, 0.6) is 0 Å². The van der Waals surface area contributed by atoms with Crippen LogP contribution in [0.15, 0.2) is 70.3 Å². The average molecular weight is 670 g/mol. The zero-order chi connectivity index (χ0) is 33.9. The Balaban J connectivity index is 1.63. The van der Waals surface area contributed by atoms with Crippen LogP contribution in [0.3, 0.4) is 0 Å². The fourth-order valence-electron chi connectivity index (χ4n) is 4.57. The molecule has 0 aliphatic heterocycles. The number of ether oxygens (including phenoxy) is 2. The summed E-state index contributed by atoms with van der Waals surface area (Å²) < 4.78 is 12.7. The topological polar surface area (TPSA) is 129 Å². The van der Waals surface area contributed by atoms with Crippen molar-refractivity contribution in [1.29, 1.82) is 0 Å². The van der Waals surface area contributed by atoms with Gasteiger partial charge in [0.1, 0.15) is 6.04 Å². The van der Waals surface area contributed by atoms with Crippen molar-refractivity contribution in [1.82, 2.24) is 14.5 Å². The number of aromatic nitrogens is 2. The van der Waals surface area contributed by atoms with E-state index in [0.29, 0.717) is 22.2 Å². The zero-order valence-corrected chi connectivity index (χ0v) is 27.7. The number of nitrogens with zero attached hydrogens (tertiary/aromatic N) is 3. The Morgan fingerprint density at radius 3 is 2.15 bits per heavy atom. The molecular formula is C33H34Cl2N4O7. The lowest BCUT2D eigenvalue weighted by Gasteiger charge is -2.20. The highest BCUT2D eigenvalue weighted by atomic mass is 35.5. The number of hydrogen-bond donors (Lipinski definition) is 1. The molecule has 0 radical (unpaired) electrons. The van der Waals surface area contributed by atoms with Crippen LogP contribution in [0.1, 0.15) is 36.7 Å². The molecule has 0 aliphatic rings. The van der Waals surface area contributed by atoms with Gasteiger partial charge in [-0.15, -0.1) is 0 Å². The molecule has 1 aromatic heterocycles. The third-order valence-corrected chi connectivity index (χ3v) is 7.82. The third kappa shape index (κ3) is 7.43. The fraction of sp³-hybridized carbons (Fsp3) is 0.303. The van der Waals surface area contributed by atoms with E-state index in [9.17, 15) is 24.0 Å². The van der Waals surface area contributed by atoms with E-state index in [1.807, 2.05) is 25.1 Å². The van der Waals surface area contributed by atoms with Gasteiger partial charge < -0.3 is 19.7 Å². The van der Waals surface area contributed by atoms with Gasteiger partial charge in [0.2, 0.25) is 6.79 Å². The molecule has 0 bridgehead atoms. The molecule has 1 atom stereocenters. The second-order valence-corrected chi connectivity index (χ2v) is 12.6. The van der Waals surface area contributed by atoms with Crippen LogP contribution in [0.2, 0.25) is 10.0 Å². The first-order valence-electron chi connectivity index (χ1n) is 14.2. The van der Waals surface area contributed by atoms with Crippen molar-refractivity contribution in [3.05, 3.63) is 103 Å². The van der Waals surface area contributed by atoms with Crippen molar-refractivity contribution >= 4 is 57.6 Å². The monoisotopic (exact) mass is 668 g/mol. The summed E-state index contributed by atoms with van der Waals surface area (Å²) in [5.74, 6) is -2.17. The van der Waals surface area contributed by atoms with Crippen LogP contribution < -0.4 is 21.5 Å². The fourth-order valence-corrected chi connectivity index (χ4v) is 5.14. The highest BCUT2D eigenvalue weighted by Crippen LogP contribution is 2.25. The van der Waals surface area contributed by atoms with E-state index in [2.05, 4.69) is 5.32 Å². The maximum absolute atomic E-state index is 13.5. The van der Waals surface area contributed by atoms with E-state index in [1.54, 1.807) is 70.3 Å². The highest BCUT2D eigenvalue weighted by molar-refractivity contribution is 6.39. The average Bonchev–Trinajstić information content (AvgIpc) is 2.99. The van der Waals surface area contributed by atoms with E-state index in [0.717, 1.165) is 10.3 Å². The van der Waals surface area contributed by atoms with Crippen molar-refractivity contribution < 1.29 is 23.9 Å². The van der Waals surface area contributed by atoms with Gasteiger partial charge in [-0.1, -0.05) is 41.4 Å². The molecule has 0 fully saturated rings. The number of esters is 2. The minimum absolute atomic E-state index is 0.0258. The predicted molar refractivity (Wildman–Crippen MR) is 177 cm³/mol. The summed E-state index contributed by atoms with van der Waals surface area (Å²) in [6.45, 7) is 4.30. The minimum Gasteiger partial charge on any atom is -0.427 e. The van der Waals surface area contributed by atoms with Crippen molar-refractivity contribution in [3.63, 3.8) is 0 Å². The van der Waals surface area contributed by atoms with E-state index in [1.165, 1.54) is 16.7 Å². The number of carbonyl (C=O) groups is 3. The standard InChI is InChI=1S/C33H34Cl2N4O7/c1-33(2,3)31(43)46-18-45-30(42)25(36-28(40)27-23(34)8-7-9-24(27)35)16-19-10-12-20(13-11-19)39-29(41)22-17-21(37(4)5)14-15-26(22)38(6)32(39)44/h7-15,17,25H,16,18H2,1-6H3,(H,36,40)/t25-/m0/s1. The Bertz CT molecular complexity index is 1910. The number of halogens is 2. The minimum atomic E-state index is -1.25. The maximum atomic E-state index is 13.5. The molecule has 0 spiro atoms. The zero-order valence-electron chi connectivity index (χ0n) is 26.2. The largest absolute Gasteiger partial charge is 0.427 e. The second-order valence-electron chi connectivity index (χ2n) is 11.8. The molecule has 0 saturated carbocycles. The Labute approximate surface area is 275 Å². The van der Waals surface area contributed by atoms with Crippen LogP contribution >= 0.6 is 23.2 Å². The van der Waals surface area contributed by atoms with Crippen LogP contribution in [0.4, 0.5) is 5.69 Å². The quantitative estimate of drug-likeness (QED) is 0.204. The number of anilines is 1. The molecule has 242 valence electrons. The summed E-state index contributed by atoms with van der Waals surface area (Å²) in [6.07, 6.45) is -0.0586. The Morgan fingerprint density at radius 1 is 0.935 bits per heavy atom. The molecule has 46 heavy (non-hydrogen) atoms. The third-order valence-electron chi connectivity index (χ3n) is 7.19. The lowest BCUT2D eigenvalue weighted by molar-refractivity contribution is -0.174. The summed E-state index contributed by atoms with van der Waals surface area (Å²) in [7, 11) is 5.30. The van der Waals surface area contributed by atoms with Gasteiger partial charge in [-0.3, -0.25) is 19.0 Å². The number of carbonyl (C=O) groups excluding carboxylic acids is 3. The number of aryl methyl sites for hydroxylation is 1. The smallest absolute Gasteiger partial charge is 0.335 e. The van der Waals surface area contributed by atoms with Gasteiger partial charge in [0.05, 0.1) is 37.6 Å². The van der Waals surface area contributed by atoms with Crippen molar-refractivity contribution in [2.75, 3.05) is 25.8 Å². The molecule has 1 amide bonds. The number of nitrogens with one attached hydrogen (secondary N) is 1. The Hall–Kier alpha value is -4.61. The van der Waals surface area contributed by atoms with E-state index >= 15 is 0 Å². The van der Waals surface area contributed by atoms with E-state index in [-0.39, 0.29) is 22.0 Å². The van der Waals surface area contributed by atoms with E-state index < -0.39 is 47.3 Å². The predicted octanol–water partition coefficient (Wildman–Crippen LogP) is 4.49. The van der Waals surface area contributed by atoms with Crippen LogP contribution in [0.25, 0.3) is 16.6 Å². The number of fused-ring (bicyclic) bond motifs is 1. The number of hydrogen-bond acceptors (Lipinski definition) is 8. The van der Waals surface area contributed by atoms with Gasteiger partial charge in [-0.2, -0.15) is 0 Å². The first-order valence-corrected chi connectivity index (χ1v) is 15.0. The summed E-state index contributed by atoms with van der Waals surface area (Å²) in [4.78, 5) is 67.1. The first kappa shape index (κ1) is 34.3. The molecular weight excluding hydrogens is 635 g/mol. The molecule has 0 aliphatic carbocycles. The van der Waals surface area contributed by atoms with Crippen LogP contribution in [0, 0.1) is 5.41 Å². The summed E-state index contributed by atoms with van der Waals surface area (Å²) in [5.41, 5.74) is 0.319. The molecule has 13 heteroatoms. The number of amides is 1. The van der Waals surface area contributed by atoms with Gasteiger partial charge in [0.25, 0.3) is 11.5 Å². The first-order chi connectivity index (χ1) is 21.6. The normalized spacial score (nSPS) is 12.0. The second kappa shape index (κ2) is 13.8. The molecule has 4 rings (SSSR count). The highest BCUT2D eigenvalue weighted by Gasteiger charge is 2.28. The number of benzene rings is 3. The number of rotatable bonds is 9. The molecule has 1 heterocycles. The summed E-state index contributed by atoms with van der Waals surface area (Å²) >= 11 is 12.4. The Morgan fingerprint density at radius 2 is 1.57 bits per heavy atom. The van der Waals surface area contributed by atoms with Gasteiger partial charge in [-0.05, 0) is 68.8 Å². The van der Waals surface area contributed by atoms with Gasteiger partial charge in [-0.25, -0.2) is 14.2 Å². The van der Waals surface area contributed by atoms with Gasteiger partial charge in [0, 0.05) is 33.3 Å². The van der Waals surface area contributed by atoms with Gasteiger partial charge >= 0.3 is 17.6 Å². The molecule has 0 unspecified atom stereocenters. The molecule has 1 N–H and O–H groups in total. The van der Waals surface area contributed by atoms with Crippen molar-refractivity contribution in [2.45, 2.75) is 33.2 Å². The summed E-state index contributed by atoms with van der Waals surface area (Å²) in [5, 5.41) is 3.14. The van der Waals surface area contributed by atoms with Crippen molar-refractivity contribution in [3.8, 4) is 5.69 Å². The lowest BCUT2D eigenvalue weighted by Crippen LogP contribution is -2.44. The van der Waals surface area contributed by atoms with Crippen molar-refractivity contribution in [2.24, 2.45) is 12.5 Å². The summed E-state index contributed by atoms with van der Waals surface area (Å²) in [6, 6.07) is 15.0. The van der Waals surface area contributed by atoms with Crippen LogP contribution in [-0.4, -0.2) is 53.9 Å². The Kier molecular flexibility index (Phi) is 10.3. The van der Waals surface area contributed by atoms with Crippen LogP contribution in [-0.2, 0) is 32.5 Å². The lowest BCUT2D eigenvalue weighted by atomic mass is 9.98. The molecule has 3 aromatic carbocycles. The SMILES string of the molecule is CN(C)c1ccc2c(c1)c(=O)n(-c1ccc(C[C@H](NC(=O)c3c(Cl)cccc3Cl)C(=O)OCOC(=O)C(C)(C)C)cc1)c(=O)n2C.